The molecular weight excluding hydrogens is 280 g/mol. The van der Waals surface area contributed by atoms with E-state index in [1.54, 1.807) is 12.1 Å². The quantitative estimate of drug-likeness (QED) is 0.771. The van der Waals surface area contributed by atoms with Crippen molar-refractivity contribution in [3.63, 3.8) is 0 Å². The molecule has 0 aliphatic heterocycles. The molecule has 0 unspecified atom stereocenters. The summed E-state index contributed by atoms with van der Waals surface area (Å²) in [5.41, 5.74) is 1.26. The number of rotatable bonds is 5. The fraction of sp³-hybridized carbons (Fsp3) is 0.214. The van der Waals surface area contributed by atoms with Crippen LogP contribution in [0.15, 0.2) is 51.6 Å². The Morgan fingerprint density at radius 2 is 1.88 bits per heavy atom. The Bertz CT molecular complexity index is 488. The van der Waals surface area contributed by atoms with Crippen LogP contribution >= 0.6 is 15.9 Å². The van der Waals surface area contributed by atoms with Crippen LogP contribution in [0.4, 0.5) is 0 Å². The number of carbonyl (C=O) groups excluding carboxylic acids is 1. The minimum absolute atomic E-state index is 0.0617. The van der Waals surface area contributed by atoms with Gasteiger partial charge in [0.2, 0.25) is 0 Å². The summed E-state index contributed by atoms with van der Waals surface area (Å²) in [4.78, 5) is 11.7. The Balaban J connectivity index is 1.81. The topological polar surface area (TPSA) is 30.2 Å². The first-order chi connectivity index (χ1) is 8.25. The SMILES string of the molecule is O=C(CCCc1ccccc1)c1ccc(Br)o1. The Morgan fingerprint density at radius 1 is 1.12 bits per heavy atom. The lowest BCUT2D eigenvalue weighted by Gasteiger charge is -1.99. The molecule has 0 radical (unpaired) electrons. The number of ketones is 1. The maximum Gasteiger partial charge on any atom is 0.198 e. The van der Waals surface area contributed by atoms with Gasteiger partial charge in [-0.15, -0.1) is 0 Å². The van der Waals surface area contributed by atoms with Crippen molar-refractivity contribution in [2.24, 2.45) is 0 Å². The normalized spacial score (nSPS) is 10.4. The third-order valence-corrected chi connectivity index (χ3v) is 2.99. The minimum atomic E-state index is 0.0617. The lowest BCUT2D eigenvalue weighted by molar-refractivity contribution is 0.0952. The van der Waals surface area contributed by atoms with Crippen LogP contribution in [-0.4, -0.2) is 5.78 Å². The fourth-order valence-electron chi connectivity index (χ4n) is 1.69. The number of halogens is 1. The zero-order chi connectivity index (χ0) is 12.1. The lowest BCUT2D eigenvalue weighted by Crippen LogP contribution is -1.98. The van der Waals surface area contributed by atoms with E-state index in [4.69, 9.17) is 4.42 Å². The van der Waals surface area contributed by atoms with Gasteiger partial charge in [0, 0.05) is 6.42 Å². The predicted octanol–water partition coefficient (Wildman–Crippen LogP) is 4.25. The Labute approximate surface area is 109 Å². The van der Waals surface area contributed by atoms with Crippen molar-refractivity contribution in [3.05, 3.63) is 58.5 Å². The molecule has 0 spiro atoms. The summed E-state index contributed by atoms with van der Waals surface area (Å²) in [7, 11) is 0. The molecule has 2 nitrogen and oxygen atoms in total. The zero-order valence-electron chi connectivity index (χ0n) is 9.36. The molecule has 0 fully saturated rings. The molecule has 0 aliphatic rings. The Hall–Kier alpha value is -1.35. The van der Waals surface area contributed by atoms with Gasteiger partial charge in [-0.05, 0) is 46.5 Å². The molecule has 1 aromatic carbocycles. The van der Waals surface area contributed by atoms with Gasteiger partial charge in [-0.1, -0.05) is 30.3 Å². The number of Topliss-reactive ketones (excluding diaryl/α,β-unsaturated/α-hetero) is 1. The molecule has 0 atom stereocenters. The Morgan fingerprint density at radius 3 is 2.53 bits per heavy atom. The van der Waals surface area contributed by atoms with Crippen molar-refractivity contribution in [2.45, 2.75) is 19.3 Å². The van der Waals surface area contributed by atoms with Gasteiger partial charge in [-0.2, -0.15) is 0 Å². The van der Waals surface area contributed by atoms with Crippen LogP contribution < -0.4 is 0 Å². The van der Waals surface area contributed by atoms with E-state index in [0.717, 1.165) is 12.8 Å². The number of carbonyl (C=O) groups is 1. The van der Waals surface area contributed by atoms with E-state index >= 15 is 0 Å². The standard InChI is InChI=1S/C14H13BrO2/c15-14-10-9-13(17-14)12(16)8-4-7-11-5-2-1-3-6-11/h1-3,5-6,9-10H,4,7-8H2. The Kier molecular flexibility index (Phi) is 4.15. The maximum atomic E-state index is 11.7. The molecule has 3 heteroatoms. The summed E-state index contributed by atoms with van der Waals surface area (Å²) in [6.45, 7) is 0. The zero-order valence-corrected chi connectivity index (χ0v) is 10.9. The molecule has 2 rings (SSSR count). The highest BCUT2D eigenvalue weighted by Gasteiger charge is 2.09. The summed E-state index contributed by atoms with van der Waals surface area (Å²) in [5.74, 6) is 0.497. The van der Waals surface area contributed by atoms with Gasteiger partial charge in [0.25, 0.3) is 0 Å². The minimum Gasteiger partial charge on any atom is -0.446 e. The molecule has 88 valence electrons. The van der Waals surface area contributed by atoms with Crippen molar-refractivity contribution in [1.82, 2.24) is 0 Å². The number of hydrogen-bond donors (Lipinski definition) is 0. The highest BCUT2D eigenvalue weighted by Crippen LogP contribution is 2.16. The van der Waals surface area contributed by atoms with Crippen molar-refractivity contribution in [2.75, 3.05) is 0 Å². The molecule has 0 saturated carbocycles. The van der Waals surface area contributed by atoms with Gasteiger partial charge >= 0.3 is 0 Å². The molecule has 1 aromatic heterocycles. The summed E-state index contributed by atoms with van der Waals surface area (Å²) < 4.78 is 5.82. The number of hydrogen-bond acceptors (Lipinski definition) is 2. The molecule has 0 amide bonds. The first kappa shape index (κ1) is 12.1. The summed E-state index contributed by atoms with van der Waals surface area (Å²) in [6, 6.07) is 13.6. The van der Waals surface area contributed by atoms with Crippen LogP contribution in [0.3, 0.4) is 0 Å². The third kappa shape index (κ3) is 3.56. The van der Waals surface area contributed by atoms with Gasteiger partial charge in [0.15, 0.2) is 16.2 Å². The molecule has 0 aliphatic carbocycles. The van der Waals surface area contributed by atoms with E-state index in [9.17, 15) is 4.79 Å². The van der Waals surface area contributed by atoms with Gasteiger partial charge in [0.1, 0.15) is 0 Å². The summed E-state index contributed by atoms with van der Waals surface area (Å²) in [6.07, 6.45) is 2.30. The van der Waals surface area contributed by atoms with E-state index in [2.05, 4.69) is 28.1 Å². The number of furan rings is 1. The molecule has 0 bridgehead atoms. The van der Waals surface area contributed by atoms with Gasteiger partial charge in [-0.25, -0.2) is 0 Å². The fourth-order valence-corrected chi connectivity index (χ4v) is 1.99. The summed E-state index contributed by atoms with van der Waals surface area (Å²) in [5, 5.41) is 0. The van der Waals surface area contributed by atoms with E-state index in [1.165, 1.54) is 5.56 Å². The number of benzene rings is 1. The van der Waals surface area contributed by atoms with Crippen LogP contribution in [-0.2, 0) is 6.42 Å². The van der Waals surface area contributed by atoms with E-state index in [1.807, 2.05) is 18.2 Å². The molecule has 0 N–H and O–H groups in total. The lowest BCUT2D eigenvalue weighted by atomic mass is 10.1. The van der Waals surface area contributed by atoms with Crippen molar-refractivity contribution >= 4 is 21.7 Å². The van der Waals surface area contributed by atoms with Crippen molar-refractivity contribution < 1.29 is 9.21 Å². The largest absolute Gasteiger partial charge is 0.446 e. The number of aryl methyl sites for hydroxylation is 1. The van der Waals surface area contributed by atoms with Gasteiger partial charge in [-0.3, -0.25) is 4.79 Å². The molecule has 0 saturated heterocycles. The van der Waals surface area contributed by atoms with Crippen LogP contribution in [0.2, 0.25) is 0 Å². The molecule has 1 heterocycles. The second kappa shape index (κ2) is 5.82. The van der Waals surface area contributed by atoms with Crippen LogP contribution in [0.5, 0.6) is 0 Å². The average molecular weight is 293 g/mol. The first-order valence-corrected chi connectivity index (χ1v) is 6.37. The van der Waals surface area contributed by atoms with Crippen LogP contribution in [0, 0.1) is 0 Å². The van der Waals surface area contributed by atoms with E-state index in [-0.39, 0.29) is 5.78 Å². The molecular formula is C14H13BrO2. The monoisotopic (exact) mass is 292 g/mol. The first-order valence-electron chi connectivity index (χ1n) is 5.58. The van der Waals surface area contributed by atoms with E-state index < -0.39 is 0 Å². The maximum absolute atomic E-state index is 11.7. The predicted molar refractivity (Wildman–Crippen MR) is 70.1 cm³/mol. The van der Waals surface area contributed by atoms with Crippen LogP contribution in [0.1, 0.15) is 29.0 Å². The van der Waals surface area contributed by atoms with Crippen molar-refractivity contribution in [1.29, 1.82) is 0 Å². The second-order valence-electron chi connectivity index (χ2n) is 3.87. The average Bonchev–Trinajstić information content (AvgIpc) is 2.77. The van der Waals surface area contributed by atoms with Crippen LogP contribution in [0.25, 0.3) is 0 Å². The highest BCUT2D eigenvalue weighted by atomic mass is 79.9. The van der Waals surface area contributed by atoms with Crippen molar-refractivity contribution in [3.8, 4) is 0 Å². The van der Waals surface area contributed by atoms with E-state index in [0.29, 0.717) is 16.9 Å². The van der Waals surface area contributed by atoms with Gasteiger partial charge in [0.05, 0.1) is 0 Å². The molecule has 2 aromatic rings. The second-order valence-corrected chi connectivity index (χ2v) is 4.65. The highest BCUT2D eigenvalue weighted by molar-refractivity contribution is 9.10. The molecule has 17 heavy (non-hydrogen) atoms. The smallest absolute Gasteiger partial charge is 0.198 e. The van der Waals surface area contributed by atoms with Gasteiger partial charge < -0.3 is 4.42 Å². The third-order valence-electron chi connectivity index (χ3n) is 2.56. The summed E-state index contributed by atoms with van der Waals surface area (Å²) >= 11 is 3.19.